The lowest BCUT2D eigenvalue weighted by Gasteiger charge is -2.16. The molecule has 0 bridgehead atoms. The second-order valence-electron chi connectivity index (χ2n) is 5.06. The third kappa shape index (κ3) is 7.40. The molecule has 0 aromatic heterocycles. The number of benzene rings is 1. The lowest BCUT2D eigenvalue weighted by molar-refractivity contribution is -0.143. The number of alkyl halides is 3. The predicted molar refractivity (Wildman–Crippen MR) is 85.5 cm³/mol. The monoisotopic (exact) mass is 363 g/mol. The van der Waals surface area contributed by atoms with E-state index in [1.54, 1.807) is 6.92 Å². The normalized spacial score (nSPS) is 12.0. The zero-order valence-corrected chi connectivity index (χ0v) is 14.0. The standard InChI is InChI=1S/C16H21F4N3O2/c1-3-25-14(24)5-4-8-22-15(21-2)23-10-11-6-7-12(17)9-13(11)16(18,19)20/h6-7,9H,3-5,8,10H2,1-2H3,(H2,21,22,23). The van der Waals surface area contributed by atoms with Crippen molar-refractivity contribution < 1.29 is 27.1 Å². The molecule has 0 saturated carbocycles. The van der Waals surface area contributed by atoms with E-state index in [0.29, 0.717) is 25.6 Å². The van der Waals surface area contributed by atoms with Crippen LogP contribution >= 0.6 is 0 Å². The van der Waals surface area contributed by atoms with Crippen LogP contribution in [0, 0.1) is 5.82 Å². The average molecular weight is 363 g/mol. The minimum Gasteiger partial charge on any atom is -0.466 e. The molecule has 1 aromatic rings. The first kappa shape index (κ1) is 20.7. The minimum atomic E-state index is -4.64. The number of hydrogen-bond acceptors (Lipinski definition) is 3. The second kappa shape index (κ2) is 9.85. The first-order valence-electron chi connectivity index (χ1n) is 7.73. The average Bonchev–Trinajstić information content (AvgIpc) is 2.54. The molecular formula is C16H21F4N3O2. The van der Waals surface area contributed by atoms with Gasteiger partial charge in [0, 0.05) is 26.6 Å². The zero-order valence-electron chi connectivity index (χ0n) is 14.0. The smallest absolute Gasteiger partial charge is 0.416 e. The van der Waals surface area contributed by atoms with E-state index >= 15 is 0 Å². The van der Waals surface area contributed by atoms with Crippen molar-refractivity contribution in [3.8, 4) is 0 Å². The van der Waals surface area contributed by atoms with E-state index in [4.69, 9.17) is 4.74 Å². The molecule has 0 amide bonds. The maximum absolute atomic E-state index is 13.1. The summed E-state index contributed by atoms with van der Waals surface area (Å²) in [4.78, 5) is 15.1. The third-order valence-corrected chi connectivity index (χ3v) is 3.20. The number of nitrogens with zero attached hydrogens (tertiary/aromatic N) is 1. The van der Waals surface area contributed by atoms with Crippen molar-refractivity contribution in [1.82, 2.24) is 10.6 Å². The summed E-state index contributed by atoms with van der Waals surface area (Å²) in [5, 5.41) is 5.61. The van der Waals surface area contributed by atoms with Gasteiger partial charge in [-0.1, -0.05) is 6.07 Å². The summed E-state index contributed by atoms with van der Waals surface area (Å²) in [5.74, 6) is -0.979. The van der Waals surface area contributed by atoms with E-state index in [1.165, 1.54) is 7.05 Å². The first-order valence-corrected chi connectivity index (χ1v) is 7.73. The molecule has 5 nitrogen and oxygen atoms in total. The van der Waals surface area contributed by atoms with Crippen LogP contribution in [0.25, 0.3) is 0 Å². The van der Waals surface area contributed by atoms with Crippen LogP contribution in [-0.4, -0.2) is 32.1 Å². The second-order valence-corrected chi connectivity index (χ2v) is 5.06. The quantitative estimate of drug-likeness (QED) is 0.257. The molecule has 0 fully saturated rings. The molecule has 0 unspecified atom stereocenters. The summed E-state index contributed by atoms with van der Waals surface area (Å²) in [6.07, 6.45) is -3.92. The topological polar surface area (TPSA) is 62.7 Å². The van der Waals surface area contributed by atoms with Gasteiger partial charge in [0.15, 0.2) is 5.96 Å². The highest BCUT2D eigenvalue weighted by atomic mass is 19.4. The highest BCUT2D eigenvalue weighted by Gasteiger charge is 2.33. The molecule has 0 saturated heterocycles. The van der Waals surface area contributed by atoms with Gasteiger partial charge in [-0.05, 0) is 31.0 Å². The third-order valence-electron chi connectivity index (χ3n) is 3.20. The van der Waals surface area contributed by atoms with Crippen LogP contribution in [0.2, 0.25) is 0 Å². The molecular weight excluding hydrogens is 342 g/mol. The van der Waals surface area contributed by atoms with E-state index in [2.05, 4.69) is 15.6 Å². The number of aliphatic imine (C=N–C) groups is 1. The van der Waals surface area contributed by atoms with Gasteiger partial charge in [-0.15, -0.1) is 0 Å². The molecule has 25 heavy (non-hydrogen) atoms. The van der Waals surface area contributed by atoms with Crippen molar-refractivity contribution in [3.63, 3.8) is 0 Å². The van der Waals surface area contributed by atoms with Crippen molar-refractivity contribution >= 4 is 11.9 Å². The Morgan fingerprint density at radius 1 is 1.28 bits per heavy atom. The van der Waals surface area contributed by atoms with Gasteiger partial charge in [0.25, 0.3) is 0 Å². The van der Waals surface area contributed by atoms with Crippen molar-refractivity contribution in [2.75, 3.05) is 20.2 Å². The number of carbonyl (C=O) groups is 1. The first-order chi connectivity index (χ1) is 11.8. The summed E-state index contributed by atoms with van der Waals surface area (Å²) in [5.41, 5.74) is -1.12. The minimum absolute atomic E-state index is 0.0941. The van der Waals surface area contributed by atoms with Crippen LogP contribution in [0.4, 0.5) is 17.6 Å². The van der Waals surface area contributed by atoms with Gasteiger partial charge in [-0.3, -0.25) is 9.79 Å². The van der Waals surface area contributed by atoms with Crippen molar-refractivity contribution in [3.05, 3.63) is 35.1 Å². The predicted octanol–water partition coefficient (Wildman–Crippen LogP) is 2.85. The van der Waals surface area contributed by atoms with E-state index < -0.39 is 17.6 Å². The molecule has 140 valence electrons. The SMILES string of the molecule is CCOC(=O)CCCNC(=NC)NCc1ccc(F)cc1C(F)(F)F. The van der Waals surface area contributed by atoms with Gasteiger partial charge in [-0.2, -0.15) is 13.2 Å². The summed E-state index contributed by atoms with van der Waals surface area (Å²) >= 11 is 0. The Hall–Kier alpha value is -2.32. The van der Waals surface area contributed by atoms with Crippen LogP contribution in [0.3, 0.4) is 0 Å². The molecule has 0 radical (unpaired) electrons. The highest BCUT2D eigenvalue weighted by Crippen LogP contribution is 2.32. The lowest BCUT2D eigenvalue weighted by atomic mass is 10.1. The Morgan fingerprint density at radius 3 is 2.60 bits per heavy atom. The zero-order chi connectivity index (χ0) is 18.9. The van der Waals surface area contributed by atoms with E-state index in [0.717, 1.165) is 12.1 Å². The van der Waals surface area contributed by atoms with E-state index in [9.17, 15) is 22.4 Å². The van der Waals surface area contributed by atoms with Crippen LogP contribution in [0.1, 0.15) is 30.9 Å². The van der Waals surface area contributed by atoms with Gasteiger partial charge >= 0.3 is 12.1 Å². The van der Waals surface area contributed by atoms with Gasteiger partial charge in [0.1, 0.15) is 5.82 Å². The number of hydrogen-bond donors (Lipinski definition) is 2. The Balaban J connectivity index is 2.54. The molecule has 9 heteroatoms. The number of esters is 1. The Labute approximate surface area is 143 Å². The fourth-order valence-corrected chi connectivity index (χ4v) is 2.04. The maximum atomic E-state index is 13.1. The fourth-order valence-electron chi connectivity index (χ4n) is 2.04. The van der Waals surface area contributed by atoms with Crippen molar-refractivity contribution in [2.24, 2.45) is 4.99 Å². The van der Waals surface area contributed by atoms with Gasteiger partial charge in [0.2, 0.25) is 0 Å². The fraction of sp³-hybridized carbons (Fsp3) is 0.500. The molecule has 0 atom stereocenters. The Morgan fingerprint density at radius 2 is 2.00 bits per heavy atom. The van der Waals surface area contributed by atoms with Gasteiger partial charge in [-0.25, -0.2) is 4.39 Å². The summed E-state index contributed by atoms with van der Waals surface area (Å²) in [6.45, 7) is 2.25. The van der Waals surface area contributed by atoms with E-state index in [-0.39, 0.29) is 30.5 Å². The van der Waals surface area contributed by atoms with Crippen LogP contribution < -0.4 is 10.6 Å². The molecule has 0 aliphatic carbocycles. The number of guanidine groups is 1. The summed E-state index contributed by atoms with van der Waals surface area (Å²) in [7, 11) is 1.47. The van der Waals surface area contributed by atoms with Gasteiger partial charge in [0.05, 0.1) is 12.2 Å². The van der Waals surface area contributed by atoms with Crippen molar-refractivity contribution in [1.29, 1.82) is 0 Å². The Bertz CT molecular complexity index is 604. The summed E-state index contributed by atoms with van der Waals surface area (Å²) < 4.78 is 56.7. The van der Waals surface area contributed by atoms with E-state index in [1.807, 2.05) is 0 Å². The number of halogens is 4. The molecule has 1 aromatic carbocycles. The summed E-state index contributed by atoms with van der Waals surface area (Å²) in [6, 6.07) is 2.52. The van der Waals surface area contributed by atoms with Crippen LogP contribution in [0.5, 0.6) is 0 Å². The maximum Gasteiger partial charge on any atom is 0.416 e. The van der Waals surface area contributed by atoms with Crippen LogP contribution in [0.15, 0.2) is 23.2 Å². The van der Waals surface area contributed by atoms with Crippen molar-refractivity contribution in [2.45, 2.75) is 32.5 Å². The molecule has 0 aliphatic rings. The largest absolute Gasteiger partial charge is 0.466 e. The highest BCUT2D eigenvalue weighted by molar-refractivity contribution is 5.79. The molecule has 1 rings (SSSR count). The number of nitrogens with one attached hydrogen (secondary N) is 2. The number of ether oxygens (including phenoxy) is 1. The number of rotatable bonds is 7. The lowest BCUT2D eigenvalue weighted by Crippen LogP contribution is -2.37. The van der Waals surface area contributed by atoms with Crippen LogP contribution in [-0.2, 0) is 22.3 Å². The molecule has 0 heterocycles. The molecule has 0 aliphatic heterocycles. The molecule has 0 spiro atoms. The molecule has 2 N–H and O–H groups in total. The van der Waals surface area contributed by atoms with Gasteiger partial charge < -0.3 is 15.4 Å². The Kier molecular flexibility index (Phi) is 8.17. The number of carbonyl (C=O) groups excluding carboxylic acids is 1.